The van der Waals surface area contributed by atoms with Gasteiger partial charge in [0.25, 0.3) is 0 Å². The molecule has 0 N–H and O–H groups in total. The van der Waals surface area contributed by atoms with Crippen LogP contribution in [0, 0.1) is 17.8 Å². The molecule has 70 valence electrons. The van der Waals surface area contributed by atoms with Crippen LogP contribution in [0.25, 0.3) is 0 Å². The van der Waals surface area contributed by atoms with Gasteiger partial charge in [0.05, 0.1) is 0 Å². The summed E-state index contributed by atoms with van der Waals surface area (Å²) in [5.41, 5.74) is 0. The van der Waals surface area contributed by atoms with Gasteiger partial charge in [-0.05, 0) is 43.4 Å². The standard InChI is InChI=1S/C10H17ClO/c1-12-6-7-2-3-9-8(7)4-5-10(9)11/h7-10H,2-6H2,1H3. The minimum atomic E-state index is 0.469. The maximum absolute atomic E-state index is 6.24. The van der Waals surface area contributed by atoms with Gasteiger partial charge in [-0.15, -0.1) is 11.6 Å². The third-order valence-corrected chi connectivity index (χ3v) is 4.19. The van der Waals surface area contributed by atoms with Crippen LogP contribution >= 0.6 is 11.6 Å². The van der Waals surface area contributed by atoms with Gasteiger partial charge in [-0.1, -0.05) is 0 Å². The van der Waals surface area contributed by atoms with Crippen molar-refractivity contribution in [3.63, 3.8) is 0 Å². The minimum absolute atomic E-state index is 0.469. The van der Waals surface area contributed by atoms with Gasteiger partial charge in [-0.3, -0.25) is 0 Å². The molecule has 0 saturated heterocycles. The molecule has 1 nitrogen and oxygen atoms in total. The molecule has 12 heavy (non-hydrogen) atoms. The lowest BCUT2D eigenvalue weighted by Gasteiger charge is -2.17. The van der Waals surface area contributed by atoms with Crippen molar-refractivity contribution in [1.82, 2.24) is 0 Å². The maximum Gasteiger partial charge on any atom is 0.0493 e. The van der Waals surface area contributed by atoms with Crippen LogP contribution in [0.3, 0.4) is 0 Å². The van der Waals surface area contributed by atoms with Gasteiger partial charge in [-0.2, -0.15) is 0 Å². The monoisotopic (exact) mass is 188 g/mol. The van der Waals surface area contributed by atoms with Gasteiger partial charge in [0.15, 0.2) is 0 Å². The van der Waals surface area contributed by atoms with E-state index in [2.05, 4.69) is 0 Å². The molecule has 0 aromatic rings. The molecule has 4 unspecified atom stereocenters. The Labute approximate surface area is 79.4 Å². The number of hydrogen-bond acceptors (Lipinski definition) is 1. The maximum atomic E-state index is 6.24. The van der Waals surface area contributed by atoms with Crippen molar-refractivity contribution in [3.05, 3.63) is 0 Å². The average molecular weight is 189 g/mol. The third kappa shape index (κ3) is 1.38. The molecule has 4 atom stereocenters. The smallest absolute Gasteiger partial charge is 0.0493 e. The summed E-state index contributed by atoms with van der Waals surface area (Å²) in [7, 11) is 1.81. The third-order valence-electron chi connectivity index (χ3n) is 3.65. The second-order valence-corrected chi connectivity index (χ2v) is 4.77. The number of hydrogen-bond donors (Lipinski definition) is 0. The summed E-state index contributed by atoms with van der Waals surface area (Å²) in [5, 5.41) is 0.469. The first-order valence-electron chi connectivity index (χ1n) is 4.96. The van der Waals surface area contributed by atoms with Crippen molar-refractivity contribution in [3.8, 4) is 0 Å². The van der Waals surface area contributed by atoms with Crippen molar-refractivity contribution < 1.29 is 4.74 Å². The first-order valence-corrected chi connectivity index (χ1v) is 5.39. The summed E-state index contributed by atoms with van der Waals surface area (Å²) in [4.78, 5) is 0. The van der Waals surface area contributed by atoms with E-state index >= 15 is 0 Å². The Balaban J connectivity index is 1.96. The van der Waals surface area contributed by atoms with E-state index < -0.39 is 0 Å². The lowest BCUT2D eigenvalue weighted by Crippen LogP contribution is -2.16. The van der Waals surface area contributed by atoms with Gasteiger partial charge in [0.1, 0.15) is 0 Å². The van der Waals surface area contributed by atoms with Crippen molar-refractivity contribution >= 4 is 11.6 Å². The van der Waals surface area contributed by atoms with Crippen LogP contribution in [-0.2, 0) is 4.74 Å². The molecule has 0 aliphatic heterocycles. The molecule has 2 rings (SSSR count). The molecule has 0 bridgehead atoms. The summed E-state index contributed by atoms with van der Waals surface area (Å²) in [6.45, 7) is 0.949. The Hall–Kier alpha value is 0.250. The zero-order valence-electron chi connectivity index (χ0n) is 7.63. The minimum Gasteiger partial charge on any atom is -0.384 e. The van der Waals surface area contributed by atoms with Gasteiger partial charge in [0.2, 0.25) is 0 Å². The topological polar surface area (TPSA) is 9.23 Å². The molecule has 0 radical (unpaired) electrons. The molecule has 0 heterocycles. The van der Waals surface area contributed by atoms with E-state index in [4.69, 9.17) is 16.3 Å². The lowest BCUT2D eigenvalue weighted by atomic mass is 9.93. The first kappa shape index (κ1) is 8.83. The predicted octanol–water partition coefficient (Wildman–Crippen LogP) is 2.68. The fourth-order valence-corrected chi connectivity index (χ4v) is 3.51. The summed E-state index contributed by atoms with van der Waals surface area (Å²) in [6.07, 6.45) is 5.25. The Bertz CT molecular complexity index is 160. The number of methoxy groups -OCH3 is 1. The van der Waals surface area contributed by atoms with E-state index in [1.165, 1.54) is 25.7 Å². The molecule has 2 heteroatoms. The number of alkyl halides is 1. The zero-order chi connectivity index (χ0) is 8.55. The largest absolute Gasteiger partial charge is 0.384 e. The molecule has 0 spiro atoms. The molecule has 0 aromatic carbocycles. The number of fused-ring (bicyclic) bond motifs is 1. The summed E-state index contributed by atoms with van der Waals surface area (Å²) in [5.74, 6) is 2.50. The lowest BCUT2D eigenvalue weighted by molar-refractivity contribution is 0.129. The Morgan fingerprint density at radius 1 is 1.17 bits per heavy atom. The van der Waals surface area contributed by atoms with Crippen molar-refractivity contribution in [2.75, 3.05) is 13.7 Å². The Kier molecular flexibility index (Phi) is 2.61. The van der Waals surface area contributed by atoms with Crippen molar-refractivity contribution in [2.24, 2.45) is 17.8 Å². The predicted molar refractivity (Wildman–Crippen MR) is 50.5 cm³/mol. The summed E-state index contributed by atoms with van der Waals surface area (Å²) >= 11 is 6.24. The van der Waals surface area contributed by atoms with Crippen LogP contribution in [-0.4, -0.2) is 19.1 Å². The summed E-state index contributed by atoms with van der Waals surface area (Å²) < 4.78 is 5.23. The average Bonchev–Trinajstić information content (AvgIpc) is 2.58. The quantitative estimate of drug-likeness (QED) is 0.606. The van der Waals surface area contributed by atoms with Crippen molar-refractivity contribution in [1.29, 1.82) is 0 Å². The first-order chi connectivity index (χ1) is 5.83. The van der Waals surface area contributed by atoms with Gasteiger partial charge in [-0.25, -0.2) is 0 Å². The fraction of sp³-hybridized carbons (Fsp3) is 1.00. The number of ether oxygens (including phenoxy) is 1. The molecule has 2 saturated carbocycles. The van der Waals surface area contributed by atoms with Crippen LogP contribution in [0.4, 0.5) is 0 Å². The second-order valence-electron chi connectivity index (χ2n) is 4.21. The number of rotatable bonds is 2. The van der Waals surface area contributed by atoms with Crippen molar-refractivity contribution in [2.45, 2.75) is 31.1 Å². The van der Waals surface area contributed by atoms with Gasteiger partial charge in [0, 0.05) is 19.1 Å². The highest BCUT2D eigenvalue weighted by molar-refractivity contribution is 6.21. The van der Waals surface area contributed by atoms with Crippen LogP contribution < -0.4 is 0 Å². The normalized spacial score (nSPS) is 46.5. The SMILES string of the molecule is COCC1CCC2C(Cl)CCC12. The molecule has 2 aliphatic carbocycles. The highest BCUT2D eigenvalue weighted by Crippen LogP contribution is 2.49. The van der Waals surface area contributed by atoms with E-state index in [9.17, 15) is 0 Å². The molecule has 2 fully saturated rings. The number of halogens is 1. The van der Waals surface area contributed by atoms with E-state index in [0.29, 0.717) is 5.38 Å². The van der Waals surface area contributed by atoms with E-state index in [0.717, 1.165) is 24.4 Å². The Morgan fingerprint density at radius 2 is 1.92 bits per heavy atom. The van der Waals surface area contributed by atoms with Gasteiger partial charge >= 0.3 is 0 Å². The highest BCUT2D eigenvalue weighted by Gasteiger charge is 2.43. The summed E-state index contributed by atoms with van der Waals surface area (Å²) in [6, 6.07) is 0. The van der Waals surface area contributed by atoms with Crippen LogP contribution in [0.1, 0.15) is 25.7 Å². The van der Waals surface area contributed by atoms with Gasteiger partial charge < -0.3 is 4.74 Å². The molecule has 0 amide bonds. The van der Waals surface area contributed by atoms with Crippen LogP contribution in [0.5, 0.6) is 0 Å². The molecule has 0 aromatic heterocycles. The fourth-order valence-electron chi connectivity index (χ4n) is 3.07. The second kappa shape index (κ2) is 3.55. The Morgan fingerprint density at radius 3 is 2.67 bits per heavy atom. The molecule has 2 aliphatic rings. The molecular formula is C10H17ClO. The van der Waals surface area contributed by atoms with Crippen LogP contribution in [0.15, 0.2) is 0 Å². The van der Waals surface area contributed by atoms with Crippen LogP contribution in [0.2, 0.25) is 0 Å². The zero-order valence-corrected chi connectivity index (χ0v) is 8.39. The van der Waals surface area contributed by atoms with E-state index in [-0.39, 0.29) is 0 Å². The molecular weight excluding hydrogens is 172 g/mol. The highest BCUT2D eigenvalue weighted by atomic mass is 35.5. The van der Waals surface area contributed by atoms with E-state index in [1.54, 1.807) is 7.11 Å². The van der Waals surface area contributed by atoms with E-state index in [1.807, 2.05) is 0 Å².